The molecule has 1 atom stereocenters. The third-order valence-electron chi connectivity index (χ3n) is 5.52. The van der Waals surface area contributed by atoms with Crippen molar-refractivity contribution in [2.24, 2.45) is 5.92 Å². The lowest BCUT2D eigenvalue weighted by molar-refractivity contribution is -0.407. The second-order valence-corrected chi connectivity index (χ2v) is 8.78. The average Bonchev–Trinajstić information content (AvgIpc) is 2.73. The lowest BCUT2D eigenvalue weighted by Gasteiger charge is -2.40. The summed E-state index contributed by atoms with van der Waals surface area (Å²) in [4.78, 5) is 0. The van der Waals surface area contributed by atoms with Crippen LogP contribution in [0.15, 0.2) is 0 Å². The summed E-state index contributed by atoms with van der Waals surface area (Å²) in [6.07, 6.45) is 17.6. The van der Waals surface area contributed by atoms with E-state index in [1.165, 1.54) is 38.5 Å². The van der Waals surface area contributed by atoms with Gasteiger partial charge in [0.25, 0.3) is 5.97 Å². The third kappa shape index (κ3) is 14.8. The molecule has 1 unspecified atom stereocenters. The Balaban J connectivity index is 5.18. The first kappa shape index (κ1) is 29.2. The summed E-state index contributed by atoms with van der Waals surface area (Å²) in [5, 5.41) is 0. The molecule has 0 aliphatic carbocycles. The maximum Gasteiger partial charge on any atom is 0.285 e. The number of hydrogen-bond acceptors (Lipinski definition) is 4. The van der Waals surface area contributed by atoms with Gasteiger partial charge >= 0.3 is 0 Å². The second kappa shape index (κ2) is 21.5. The predicted octanol–water partition coefficient (Wildman–Crippen LogP) is 8.17. The van der Waals surface area contributed by atoms with E-state index in [0.717, 1.165) is 63.5 Å². The van der Waals surface area contributed by atoms with Crippen LogP contribution < -0.4 is 0 Å². The molecule has 176 valence electrons. The van der Waals surface area contributed by atoms with E-state index in [0.29, 0.717) is 19.8 Å². The third-order valence-corrected chi connectivity index (χ3v) is 5.84. The van der Waals surface area contributed by atoms with E-state index in [4.69, 9.17) is 14.2 Å². The average molecular weight is 433 g/mol. The monoisotopic (exact) mass is 432 g/mol. The van der Waals surface area contributed by atoms with E-state index in [1.54, 1.807) is 0 Å². The fraction of sp³-hybridized carbons (Fsp3) is 1.00. The van der Waals surface area contributed by atoms with Crippen molar-refractivity contribution in [2.45, 2.75) is 130 Å². The van der Waals surface area contributed by atoms with E-state index in [-0.39, 0.29) is 5.92 Å². The zero-order valence-corrected chi connectivity index (χ0v) is 21.1. The van der Waals surface area contributed by atoms with Gasteiger partial charge in [-0.05, 0) is 44.3 Å². The van der Waals surface area contributed by atoms with Crippen LogP contribution in [0.2, 0.25) is 0 Å². The molecule has 0 aromatic carbocycles. The zero-order chi connectivity index (χ0) is 21.6. The van der Waals surface area contributed by atoms with Crippen molar-refractivity contribution in [1.29, 1.82) is 0 Å². The first-order valence-corrected chi connectivity index (χ1v) is 13.4. The van der Waals surface area contributed by atoms with Crippen molar-refractivity contribution in [3.8, 4) is 0 Å². The molecule has 29 heavy (non-hydrogen) atoms. The topological polar surface area (TPSA) is 27.7 Å². The van der Waals surface area contributed by atoms with Crippen LogP contribution in [0.5, 0.6) is 0 Å². The first-order chi connectivity index (χ1) is 14.2. The van der Waals surface area contributed by atoms with Crippen LogP contribution in [0.4, 0.5) is 0 Å². The quantitative estimate of drug-likeness (QED) is 0.100. The molecule has 0 aromatic rings. The minimum Gasteiger partial charge on any atom is -0.327 e. The molecule has 4 heteroatoms. The van der Waals surface area contributed by atoms with Crippen molar-refractivity contribution < 1.29 is 14.2 Å². The number of ether oxygens (including phenoxy) is 3. The van der Waals surface area contributed by atoms with E-state index >= 15 is 0 Å². The van der Waals surface area contributed by atoms with Crippen LogP contribution in [-0.2, 0) is 14.2 Å². The summed E-state index contributed by atoms with van der Waals surface area (Å²) in [6.45, 7) is 11.0. The summed E-state index contributed by atoms with van der Waals surface area (Å²) in [5.74, 6) is 0.319. The van der Waals surface area contributed by atoms with Crippen LogP contribution in [-0.4, -0.2) is 31.5 Å². The highest BCUT2D eigenvalue weighted by Crippen LogP contribution is 2.35. The van der Waals surface area contributed by atoms with Gasteiger partial charge in [0.1, 0.15) is 0 Å². The van der Waals surface area contributed by atoms with Gasteiger partial charge in [0.2, 0.25) is 0 Å². The van der Waals surface area contributed by atoms with Gasteiger partial charge in [0, 0.05) is 5.92 Å². The Morgan fingerprint density at radius 1 is 0.552 bits per heavy atom. The molecule has 0 bridgehead atoms. The number of thiol groups is 1. The molecule has 0 saturated carbocycles. The Kier molecular flexibility index (Phi) is 21.6. The standard InChI is InChI=1S/C25H52O3S/c1-5-9-13-14-15-16-18-24(19-17-23-29)25(26-20-10-6-2,27-21-11-7-3)28-22-12-8-4/h24,29H,5-23H2,1-4H3. The van der Waals surface area contributed by atoms with E-state index in [9.17, 15) is 0 Å². The van der Waals surface area contributed by atoms with Gasteiger partial charge in [-0.15, -0.1) is 0 Å². The highest BCUT2D eigenvalue weighted by Gasteiger charge is 2.42. The predicted molar refractivity (Wildman–Crippen MR) is 130 cm³/mol. The molecule has 0 saturated heterocycles. The zero-order valence-electron chi connectivity index (χ0n) is 20.2. The van der Waals surface area contributed by atoms with E-state index in [1.807, 2.05) is 0 Å². The molecule has 0 amide bonds. The SMILES string of the molecule is CCCCCCCCC(CCCS)C(OCCCC)(OCCCC)OCCCC. The molecule has 0 fully saturated rings. The maximum absolute atomic E-state index is 6.45. The molecule has 0 aliphatic rings. The number of unbranched alkanes of at least 4 members (excludes halogenated alkanes) is 8. The molecule has 0 spiro atoms. The fourth-order valence-corrected chi connectivity index (χ4v) is 3.74. The Morgan fingerprint density at radius 2 is 0.966 bits per heavy atom. The normalized spacial score (nSPS) is 13.1. The van der Waals surface area contributed by atoms with Crippen molar-refractivity contribution >= 4 is 12.6 Å². The number of rotatable bonds is 23. The van der Waals surface area contributed by atoms with E-state index in [2.05, 4.69) is 40.3 Å². The Bertz CT molecular complexity index is 299. The summed E-state index contributed by atoms with van der Waals surface area (Å²) >= 11 is 4.47. The van der Waals surface area contributed by atoms with Gasteiger partial charge in [0.05, 0.1) is 19.8 Å². The highest BCUT2D eigenvalue weighted by molar-refractivity contribution is 7.80. The van der Waals surface area contributed by atoms with Crippen LogP contribution in [0.1, 0.15) is 124 Å². The largest absolute Gasteiger partial charge is 0.327 e. The van der Waals surface area contributed by atoms with Gasteiger partial charge in [0.15, 0.2) is 0 Å². The van der Waals surface area contributed by atoms with Crippen LogP contribution in [0, 0.1) is 5.92 Å². The van der Waals surface area contributed by atoms with Gasteiger partial charge < -0.3 is 14.2 Å². The molecule has 0 aromatic heterocycles. The smallest absolute Gasteiger partial charge is 0.285 e. The van der Waals surface area contributed by atoms with Crippen LogP contribution in [0.3, 0.4) is 0 Å². The molecule has 3 nitrogen and oxygen atoms in total. The van der Waals surface area contributed by atoms with Crippen LogP contribution in [0.25, 0.3) is 0 Å². The van der Waals surface area contributed by atoms with Crippen LogP contribution >= 0.6 is 12.6 Å². The lowest BCUT2D eigenvalue weighted by Crippen LogP contribution is -2.47. The van der Waals surface area contributed by atoms with Crippen molar-refractivity contribution in [1.82, 2.24) is 0 Å². The molecular weight excluding hydrogens is 380 g/mol. The molecule has 0 N–H and O–H groups in total. The molecule has 0 heterocycles. The molecule has 0 radical (unpaired) electrons. The second-order valence-electron chi connectivity index (χ2n) is 8.33. The lowest BCUT2D eigenvalue weighted by atomic mass is 9.93. The number of hydrogen-bond donors (Lipinski definition) is 1. The summed E-state index contributed by atoms with van der Waals surface area (Å²) in [5.41, 5.74) is 0. The Labute approximate surface area is 188 Å². The minimum atomic E-state index is -0.869. The molecule has 0 aliphatic heterocycles. The van der Waals surface area contributed by atoms with Gasteiger partial charge in [-0.25, -0.2) is 0 Å². The van der Waals surface area contributed by atoms with Crippen molar-refractivity contribution in [3.63, 3.8) is 0 Å². The maximum atomic E-state index is 6.45. The summed E-state index contributed by atoms with van der Waals surface area (Å²) < 4.78 is 19.3. The van der Waals surface area contributed by atoms with Gasteiger partial charge in [-0.2, -0.15) is 12.6 Å². The minimum absolute atomic E-state index is 0.284. The van der Waals surface area contributed by atoms with Gasteiger partial charge in [-0.3, -0.25) is 0 Å². The molecular formula is C25H52O3S. The summed E-state index contributed by atoms with van der Waals surface area (Å²) in [6, 6.07) is 0. The summed E-state index contributed by atoms with van der Waals surface area (Å²) in [7, 11) is 0. The van der Waals surface area contributed by atoms with Crippen molar-refractivity contribution in [3.05, 3.63) is 0 Å². The van der Waals surface area contributed by atoms with Crippen molar-refractivity contribution in [2.75, 3.05) is 25.6 Å². The molecule has 0 rings (SSSR count). The Morgan fingerprint density at radius 3 is 1.41 bits per heavy atom. The first-order valence-electron chi connectivity index (χ1n) is 12.7. The van der Waals surface area contributed by atoms with Gasteiger partial charge in [-0.1, -0.05) is 85.5 Å². The fourth-order valence-electron chi connectivity index (χ4n) is 3.56. The Hall–Kier alpha value is 0.230. The van der Waals surface area contributed by atoms with E-state index < -0.39 is 5.97 Å². The highest BCUT2D eigenvalue weighted by atomic mass is 32.1.